The summed E-state index contributed by atoms with van der Waals surface area (Å²) < 4.78 is 0. The van der Waals surface area contributed by atoms with E-state index >= 15 is 0 Å². The number of nitrogens with one attached hydrogen (secondary N) is 1. The van der Waals surface area contributed by atoms with Gasteiger partial charge in [0.05, 0.1) is 4.92 Å². The van der Waals surface area contributed by atoms with Gasteiger partial charge >= 0.3 is 0 Å². The third-order valence-electron chi connectivity index (χ3n) is 3.04. The first-order valence-electron chi connectivity index (χ1n) is 6.74. The number of nitro benzene ring substituents is 1. The van der Waals surface area contributed by atoms with E-state index in [1.807, 2.05) is 24.3 Å². The van der Waals surface area contributed by atoms with Gasteiger partial charge in [-0.25, -0.2) is 0 Å². The molecule has 0 bridgehead atoms. The normalized spacial score (nSPS) is 10.3. The molecule has 0 unspecified atom stereocenters. The lowest BCUT2D eigenvalue weighted by atomic mass is 10.1. The fourth-order valence-corrected chi connectivity index (χ4v) is 1.98. The van der Waals surface area contributed by atoms with Crippen LogP contribution in [0, 0.1) is 21.4 Å². The van der Waals surface area contributed by atoms with E-state index in [-0.39, 0.29) is 17.2 Å². The maximum Gasteiger partial charge on any atom is 0.287 e. The lowest BCUT2D eigenvalue weighted by molar-refractivity contribution is -0.385. The van der Waals surface area contributed by atoms with Crippen molar-refractivity contribution < 1.29 is 9.72 Å². The number of benzene rings is 2. The zero-order valence-corrected chi connectivity index (χ0v) is 12.3. The molecule has 1 N–H and O–H groups in total. The van der Waals surface area contributed by atoms with Crippen LogP contribution in [0.2, 0.25) is 0 Å². The fraction of sp³-hybridized carbons (Fsp3) is 0.0588. The van der Waals surface area contributed by atoms with Crippen molar-refractivity contribution in [3.63, 3.8) is 0 Å². The molecule has 6 nitrogen and oxygen atoms in total. The number of anilines is 1. The van der Waals surface area contributed by atoms with Crippen molar-refractivity contribution in [1.82, 2.24) is 0 Å². The van der Waals surface area contributed by atoms with E-state index < -0.39 is 4.92 Å². The van der Waals surface area contributed by atoms with Gasteiger partial charge in [-0.05, 0) is 35.4 Å². The van der Waals surface area contributed by atoms with Gasteiger partial charge in [-0.3, -0.25) is 14.9 Å². The van der Waals surface area contributed by atoms with Gasteiger partial charge in [-0.1, -0.05) is 24.3 Å². The second-order valence-electron chi connectivity index (χ2n) is 4.78. The topological polar surface area (TPSA) is 96.0 Å². The number of nitro groups is 1. The average molecular weight is 307 g/mol. The number of hydrogen-bond donors (Lipinski definition) is 1. The minimum absolute atomic E-state index is 0.0261. The van der Waals surface area contributed by atoms with Gasteiger partial charge in [0.15, 0.2) is 0 Å². The Morgan fingerprint density at radius 3 is 2.35 bits per heavy atom. The highest BCUT2D eigenvalue weighted by molar-refractivity contribution is 5.88. The Bertz CT molecular complexity index is 818. The molecule has 1 amide bonds. The SMILES string of the molecule is CC(=O)Nc1ccc(C=Cc2ccc([N+](=O)[O-])c(C#N)c2)cc1. The summed E-state index contributed by atoms with van der Waals surface area (Å²) in [6, 6.07) is 13.4. The van der Waals surface area contributed by atoms with E-state index in [4.69, 9.17) is 5.26 Å². The van der Waals surface area contributed by atoms with Gasteiger partial charge in [0.1, 0.15) is 11.6 Å². The molecule has 0 aliphatic heterocycles. The molecule has 0 radical (unpaired) electrons. The third kappa shape index (κ3) is 4.25. The minimum Gasteiger partial charge on any atom is -0.326 e. The molecule has 0 fully saturated rings. The van der Waals surface area contributed by atoms with Crippen molar-refractivity contribution in [2.24, 2.45) is 0 Å². The van der Waals surface area contributed by atoms with Crippen molar-refractivity contribution in [3.8, 4) is 6.07 Å². The van der Waals surface area contributed by atoms with E-state index in [2.05, 4.69) is 5.32 Å². The van der Waals surface area contributed by atoms with Crippen molar-refractivity contribution in [1.29, 1.82) is 5.26 Å². The van der Waals surface area contributed by atoms with Gasteiger partial charge in [0.25, 0.3) is 5.69 Å². The van der Waals surface area contributed by atoms with Crippen LogP contribution in [0.5, 0.6) is 0 Å². The van der Waals surface area contributed by atoms with Crippen LogP contribution in [-0.2, 0) is 4.79 Å². The highest BCUT2D eigenvalue weighted by Gasteiger charge is 2.12. The van der Waals surface area contributed by atoms with Gasteiger partial charge in [0, 0.05) is 18.7 Å². The molecule has 2 aromatic rings. The zero-order chi connectivity index (χ0) is 16.8. The molecule has 2 aromatic carbocycles. The Kier molecular flexibility index (Phi) is 4.85. The Morgan fingerprint density at radius 1 is 1.17 bits per heavy atom. The number of carbonyl (C=O) groups excluding carboxylic acids is 1. The summed E-state index contributed by atoms with van der Waals surface area (Å²) in [7, 11) is 0. The van der Waals surface area contributed by atoms with Crippen molar-refractivity contribution >= 4 is 29.4 Å². The summed E-state index contributed by atoms with van der Waals surface area (Å²) in [4.78, 5) is 21.2. The molecule has 0 aliphatic carbocycles. The monoisotopic (exact) mass is 307 g/mol. The standard InChI is InChI=1S/C17H13N3O3/c1-12(21)19-16-7-4-13(5-8-16)2-3-14-6-9-17(20(22)23)15(10-14)11-18/h2-10H,1H3,(H,19,21). The van der Waals surface area contributed by atoms with E-state index in [1.54, 1.807) is 24.3 Å². The van der Waals surface area contributed by atoms with Crippen LogP contribution in [-0.4, -0.2) is 10.8 Å². The lowest BCUT2D eigenvalue weighted by Crippen LogP contribution is -2.05. The van der Waals surface area contributed by atoms with Crippen LogP contribution in [0.4, 0.5) is 11.4 Å². The number of hydrogen-bond acceptors (Lipinski definition) is 4. The Labute approximate surface area is 132 Å². The highest BCUT2D eigenvalue weighted by atomic mass is 16.6. The van der Waals surface area contributed by atoms with Crippen LogP contribution in [0.15, 0.2) is 42.5 Å². The predicted octanol–water partition coefficient (Wildman–Crippen LogP) is 3.60. The summed E-state index contributed by atoms with van der Waals surface area (Å²) >= 11 is 0. The van der Waals surface area contributed by atoms with E-state index in [0.29, 0.717) is 11.3 Å². The quantitative estimate of drug-likeness (QED) is 0.530. The molecule has 0 saturated heterocycles. The summed E-state index contributed by atoms with van der Waals surface area (Å²) in [6.07, 6.45) is 3.58. The first-order chi connectivity index (χ1) is 11.0. The molecule has 0 saturated carbocycles. The maximum atomic E-state index is 10.9. The minimum atomic E-state index is -0.577. The molecule has 2 rings (SSSR count). The molecule has 23 heavy (non-hydrogen) atoms. The summed E-state index contributed by atoms with van der Waals surface area (Å²) in [5, 5.41) is 22.4. The summed E-state index contributed by atoms with van der Waals surface area (Å²) in [6.45, 7) is 1.44. The molecule has 0 aromatic heterocycles. The molecule has 114 valence electrons. The molecule has 0 aliphatic rings. The van der Waals surface area contributed by atoms with Crippen LogP contribution in [0.1, 0.15) is 23.6 Å². The molecule has 6 heteroatoms. The Balaban J connectivity index is 2.18. The fourth-order valence-electron chi connectivity index (χ4n) is 1.98. The first-order valence-corrected chi connectivity index (χ1v) is 6.74. The maximum absolute atomic E-state index is 10.9. The second kappa shape index (κ2) is 7.00. The Morgan fingerprint density at radius 2 is 1.78 bits per heavy atom. The van der Waals surface area contributed by atoms with Gasteiger partial charge in [0.2, 0.25) is 5.91 Å². The number of rotatable bonds is 4. The number of nitrogens with zero attached hydrogens (tertiary/aromatic N) is 2. The first kappa shape index (κ1) is 15.9. The van der Waals surface area contributed by atoms with Crippen LogP contribution >= 0.6 is 0 Å². The van der Waals surface area contributed by atoms with E-state index in [1.165, 1.54) is 19.1 Å². The van der Waals surface area contributed by atoms with E-state index in [9.17, 15) is 14.9 Å². The second-order valence-corrected chi connectivity index (χ2v) is 4.78. The average Bonchev–Trinajstić information content (AvgIpc) is 2.53. The molecule has 0 atom stereocenters. The molecular weight excluding hydrogens is 294 g/mol. The smallest absolute Gasteiger partial charge is 0.287 e. The van der Waals surface area contributed by atoms with Gasteiger partial charge in [-0.15, -0.1) is 0 Å². The number of nitriles is 1. The van der Waals surface area contributed by atoms with Crippen LogP contribution in [0.3, 0.4) is 0 Å². The molecule has 0 spiro atoms. The van der Waals surface area contributed by atoms with Gasteiger partial charge in [-0.2, -0.15) is 5.26 Å². The number of carbonyl (C=O) groups is 1. The largest absolute Gasteiger partial charge is 0.326 e. The third-order valence-corrected chi connectivity index (χ3v) is 3.04. The molecule has 0 heterocycles. The van der Waals surface area contributed by atoms with Crippen molar-refractivity contribution in [2.45, 2.75) is 6.92 Å². The summed E-state index contributed by atoms with van der Waals surface area (Å²) in [5.74, 6) is -0.136. The van der Waals surface area contributed by atoms with Crippen molar-refractivity contribution in [2.75, 3.05) is 5.32 Å². The molecular formula is C17H13N3O3. The van der Waals surface area contributed by atoms with Crippen LogP contribution < -0.4 is 5.32 Å². The Hall–Kier alpha value is -3.46. The predicted molar refractivity (Wildman–Crippen MR) is 87.5 cm³/mol. The zero-order valence-electron chi connectivity index (χ0n) is 12.3. The van der Waals surface area contributed by atoms with Crippen LogP contribution in [0.25, 0.3) is 12.2 Å². The highest BCUT2D eigenvalue weighted by Crippen LogP contribution is 2.20. The van der Waals surface area contributed by atoms with Gasteiger partial charge < -0.3 is 5.32 Å². The number of amides is 1. The summed E-state index contributed by atoms with van der Waals surface area (Å²) in [5.41, 5.74) is 2.12. The van der Waals surface area contributed by atoms with Crippen molar-refractivity contribution in [3.05, 3.63) is 69.3 Å². The van der Waals surface area contributed by atoms with E-state index in [0.717, 1.165) is 5.56 Å². The lowest BCUT2D eigenvalue weighted by Gasteiger charge is -2.02.